The minimum absolute atomic E-state index is 0.248. The normalized spacial score (nSPS) is 15.0. The van der Waals surface area contributed by atoms with Gasteiger partial charge in [0.25, 0.3) is 0 Å². The van der Waals surface area contributed by atoms with Crippen molar-refractivity contribution >= 4 is 35.5 Å². The maximum atomic E-state index is 12.9. The van der Waals surface area contributed by atoms with Crippen LogP contribution in [0.3, 0.4) is 0 Å². The highest BCUT2D eigenvalue weighted by atomic mass is 32.2. The average molecular weight is 476 g/mol. The van der Waals surface area contributed by atoms with E-state index in [0.29, 0.717) is 31.6 Å². The van der Waals surface area contributed by atoms with E-state index in [9.17, 15) is 24.3 Å². The highest BCUT2D eigenvalue weighted by Gasteiger charge is 2.32. The summed E-state index contributed by atoms with van der Waals surface area (Å²) >= 11 is 1.50. The molecule has 0 aromatic carbocycles. The van der Waals surface area contributed by atoms with E-state index in [2.05, 4.69) is 16.0 Å². The van der Waals surface area contributed by atoms with E-state index in [1.54, 1.807) is 27.7 Å². The Balaban J connectivity index is 5.28. The first kappa shape index (κ1) is 30.1. The number of nitrogens with one attached hydrogen (secondary N) is 3. The maximum Gasteiger partial charge on any atom is 0.326 e. The third kappa shape index (κ3) is 11.1. The Morgan fingerprint density at radius 2 is 1.41 bits per heavy atom. The molecule has 4 atom stereocenters. The number of amides is 3. The van der Waals surface area contributed by atoms with Crippen LogP contribution in [0.4, 0.5) is 0 Å². The first-order valence-electron chi connectivity index (χ1n) is 11.0. The standard InChI is InChI=1S/C21H41N5O5S/c1-12(2)16(25-18(27)14(23)8-6-7-10-22)20(29)24-15(9-11-32-5)19(28)26-17(13(3)4)21(30)31/h12-17H,6-11,22-23H2,1-5H3,(H,24,29)(H,25,27)(H,26,28)(H,30,31). The lowest BCUT2D eigenvalue weighted by molar-refractivity contribution is -0.143. The minimum atomic E-state index is -1.14. The van der Waals surface area contributed by atoms with E-state index in [1.807, 2.05) is 6.26 Å². The molecule has 186 valence electrons. The SMILES string of the molecule is CSCCC(NC(=O)C(NC(=O)C(N)CCCCN)C(C)C)C(=O)NC(C(=O)O)C(C)C. The van der Waals surface area contributed by atoms with Crippen molar-refractivity contribution in [3.8, 4) is 0 Å². The topological polar surface area (TPSA) is 177 Å². The van der Waals surface area contributed by atoms with Crippen LogP contribution in [0.5, 0.6) is 0 Å². The summed E-state index contributed by atoms with van der Waals surface area (Å²) in [5, 5.41) is 17.2. The van der Waals surface area contributed by atoms with Gasteiger partial charge in [0.1, 0.15) is 18.1 Å². The number of carbonyl (C=O) groups excluding carboxylic acids is 3. The van der Waals surface area contributed by atoms with Gasteiger partial charge in [0.05, 0.1) is 6.04 Å². The number of carboxylic acids is 1. The number of rotatable bonds is 16. The van der Waals surface area contributed by atoms with Gasteiger partial charge in [-0.1, -0.05) is 34.1 Å². The van der Waals surface area contributed by atoms with Gasteiger partial charge in [-0.2, -0.15) is 11.8 Å². The number of unbranched alkanes of at least 4 members (excludes halogenated alkanes) is 1. The second kappa shape index (κ2) is 15.9. The lowest BCUT2D eigenvalue weighted by atomic mass is 10.0. The van der Waals surface area contributed by atoms with Crippen LogP contribution in [0, 0.1) is 11.8 Å². The maximum absolute atomic E-state index is 12.9. The molecule has 0 bridgehead atoms. The number of aliphatic carboxylic acids is 1. The lowest BCUT2D eigenvalue weighted by Crippen LogP contribution is -2.58. The van der Waals surface area contributed by atoms with Gasteiger partial charge < -0.3 is 32.5 Å². The number of hydrogen-bond acceptors (Lipinski definition) is 7. The van der Waals surface area contributed by atoms with E-state index in [0.717, 1.165) is 6.42 Å². The Bertz CT molecular complexity index is 617. The molecule has 0 saturated heterocycles. The zero-order valence-electron chi connectivity index (χ0n) is 19.8. The van der Waals surface area contributed by atoms with Crippen LogP contribution in [-0.2, 0) is 19.2 Å². The van der Waals surface area contributed by atoms with Gasteiger partial charge in [0.15, 0.2) is 0 Å². The molecule has 0 aromatic heterocycles. The van der Waals surface area contributed by atoms with Crippen molar-refractivity contribution in [3.63, 3.8) is 0 Å². The molecule has 0 spiro atoms. The van der Waals surface area contributed by atoms with Crippen LogP contribution in [0.2, 0.25) is 0 Å². The molecule has 0 rings (SSSR count). The minimum Gasteiger partial charge on any atom is -0.480 e. The third-order valence-electron chi connectivity index (χ3n) is 5.03. The molecule has 0 aliphatic carbocycles. The van der Waals surface area contributed by atoms with Crippen LogP contribution in [0.15, 0.2) is 0 Å². The van der Waals surface area contributed by atoms with Crippen molar-refractivity contribution in [1.82, 2.24) is 16.0 Å². The van der Waals surface area contributed by atoms with Crippen molar-refractivity contribution < 1.29 is 24.3 Å². The van der Waals surface area contributed by atoms with Crippen LogP contribution in [0.25, 0.3) is 0 Å². The summed E-state index contributed by atoms with van der Waals surface area (Å²) in [5.41, 5.74) is 11.4. The van der Waals surface area contributed by atoms with Gasteiger partial charge in [-0.15, -0.1) is 0 Å². The van der Waals surface area contributed by atoms with E-state index in [1.165, 1.54) is 11.8 Å². The average Bonchev–Trinajstić information content (AvgIpc) is 2.71. The fourth-order valence-electron chi connectivity index (χ4n) is 2.97. The van der Waals surface area contributed by atoms with Crippen molar-refractivity contribution in [2.45, 2.75) is 77.5 Å². The lowest BCUT2D eigenvalue weighted by Gasteiger charge is -2.27. The van der Waals surface area contributed by atoms with Crippen molar-refractivity contribution in [2.24, 2.45) is 23.3 Å². The third-order valence-corrected chi connectivity index (χ3v) is 5.67. The zero-order valence-corrected chi connectivity index (χ0v) is 20.7. The quantitative estimate of drug-likeness (QED) is 0.170. The van der Waals surface area contributed by atoms with Gasteiger partial charge in [0, 0.05) is 0 Å². The number of thioether (sulfide) groups is 1. The Labute approximate surface area is 195 Å². The van der Waals surface area contributed by atoms with Gasteiger partial charge in [-0.05, 0) is 49.7 Å². The van der Waals surface area contributed by atoms with E-state index < -0.39 is 47.9 Å². The molecule has 8 N–H and O–H groups in total. The van der Waals surface area contributed by atoms with Crippen molar-refractivity contribution in [3.05, 3.63) is 0 Å². The summed E-state index contributed by atoms with van der Waals surface area (Å²) < 4.78 is 0. The molecule has 0 saturated carbocycles. The smallest absolute Gasteiger partial charge is 0.326 e. The van der Waals surface area contributed by atoms with Gasteiger partial charge in [-0.25, -0.2) is 4.79 Å². The molecule has 32 heavy (non-hydrogen) atoms. The van der Waals surface area contributed by atoms with Gasteiger partial charge in [0.2, 0.25) is 17.7 Å². The fourth-order valence-corrected chi connectivity index (χ4v) is 3.44. The molecule has 10 nitrogen and oxygen atoms in total. The second-order valence-corrected chi connectivity index (χ2v) is 9.52. The van der Waals surface area contributed by atoms with E-state index >= 15 is 0 Å². The van der Waals surface area contributed by atoms with E-state index in [-0.39, 0.29) is 11.8 Å². The number of nitrogens with two attached hydrogens (primary N) is 2. The van der Waals surface area contributed by atoms with Crippen molar-refractivity contribution in [2.75, 3.05) is 18.6 Å². The Morgan fingerprint density at radius 3 is 1.88 bits per heavy atom. The summed E-state index contributed by atoms with van der Waals surface area (Å²) in [6.07, 6.45) is 4.12. The van der Waals surface area contributed by atoms with Crippen molar-refractivity contribution in [1.29, 1.82) is 0 Å². The van der Waals surface area contributed by atoms with Gasteiger partial charge in [-0.3, -0.25) is 14.4 Å². The monoisotopic (exact) mass is 475 g/mol. The highest BCUT2D eigenvalue weighted by Crippen LogP contribution is 2.09. The largest absolute Gasteiger partial charge is 0.480 e. The summed E-state index contributed by atoms with van der Waals surface area (Å²) in [6.45, 7) is 7.46. The Kier molecular flexibility index (Phi) is 15.0. The van der Waals surface area contributed by atoms with Crippen LogP contribution < -0.4 is 27.4 Å². The van der Waals surface area contributed by atoms with Crippen LogP contribution in [0.1, 0.15) is 53.4 Å². The molecule has 11 heteroatoms. The Hall–Kier alpha value is -1.85. The van der Waals surface area contributed by atoms with Crippen LogP contribution in [-0.4, -0.2) is 71.5 Å². The molecule has 4 unspecified atom stereocenters. The van der Waals surface area contributed by atoms with Gasteiger partial charge >= 0.3 is 5.97 Å². The predicted octanol–water partition coefficient (Wildman–Crippen LogP) is 0.0468. The molecule has 0 aliphatic rings. The number of carboxylic acid groups (broad SMARTS) is 1. The molecule has 3 amide bonds. The molecular weight excluding hydrogens is 434 g/mol. The summed E-state index contributed by atoms with van der Waals surface area (Å²) in [5.74, 6) is -2.65. The summed E-state index contributed by atoms with van der Waals surface area (Å²) in [6, 6.07) is -3.63. The first-order chi connectivity index (χ1) is 15.0. The molecule has 0 heterocycles. The molecule has 0 aliphatic heterocycles. The Morgan fingerprint density at radius 1 is 0.844 bits per heavy atom. The molecule has 0 radical (unpaired) electrons. The molecule has 0 fully saturated rings. The number of carbonyl (C=O) groups is 4. The fraction of sp³-hybridized carbons (Fsp3) is 0.810. The predicted molar refractivity (Wildman–Crippen MR) is 127 cm³/mol. The highest BCUT2D eigenvalue weighted by molar-refractivity contribution is 7.98. The summed E-state index contributed by atoms with van der Waals surface area (Å²) in [7, 11) is 0. The van der Waals surface area contributed by atoms with E-state index in [4.69, 9.17) is 11.5 Å². The van der Waals surface area contributed by atoms with Crippen LogP contribution >= 0.6 is 11.8 Å². The molecular formula is C21H41N5O5S. The second-order valence-electron chi connectivity index (χ2n) is 8.53. The molecule has 0 aromatic rings. The first-order valence-corrected chi connectivity index (χ1v) is 12.4. The summed E-state index contributed by atoms with van der Waals surface area (Å²) in [4.78, 5) is 49.6. The zero-order chi connectivity index (χ0) is 24.8. The number of hydrogen-bond donors (Lipinski definition) is 6.